The van der Waals surface area contributed by atoms with E-state index in [1.54, 1.807) is 11.3 Å². The number of rotatable bonds is 2. The maximum absolute atomic E-state index is 6.10. The largest absolute Gasteiger partial charge is 0.382 e. The van der Waals surface area contributed by atoms with E-state index in [2.05, 4.69) is 33.5 Å². The fraction of sp³-hybridized carbons (Fsp3) is 0.571. The van der Waals surface area contributed by atoms with Crippen LogP contribution in [0.2, 0.25) is 0 Å². The van der Waals surface area contributed by atoms with Crippen molar-refractivity contribution in [3.63, 3.8) is 0 Å². The fourth-order valence-electron chi connectivity index (χ4n) is 2.78. The Kier molecular flexibility index (Phi) is 3.46. The molecule has 1 fully saturated rings. The number of nitrogen functional groups attached to an aromatic ring is 1. The van der Waals surface area contributed by atoms with Crippen LogP contribution in [0.4, 0.5) is 10.8 Å². The molecule has 2 aromatic heterocycles. The average molecular weight is 308 g/mol. The molecule has 1 saturated heterocycles. The molecule has 2 aromatic rings. The Morgan fingerprint density at radius 3 is 2.85 bits per heavy atom. The molecule has 0 bridgehead atoms. The van der Waals surface area contributed by atoms with Crippen LogP contribution in [0, 0.1) is 12.3 Å². The summed E-state index contributed by atoms with van der Waals surface area (Å²) in [5.74, 6) is 0.614. The van der Waals surface area contributed by atoms with Crippen LogP contribution in [0.15, 0.2) is 5.38 Å². The number of nitrogens with two attached hydrogens (primary N) is 1. The van der Waals surface area contributed by atoms with Crippen molar-refractivity contribution in [3.05, 3.63) is 11.1 Å². The van der Waals surface area contributed by atoms with Gasteiger partial charge in [-0.05, 0) is 36.7 Å². The van der Waals surface area contributed by atoms with Crippen molar-refractivity contribution in [1.29, 1.82) is 0 Å². The minimum atomic E-state index is 0.354. The van der Waals surface area contributed by atoms with Crippen molar-refractivity contribution < 1.29 is 0 Å². The lowest BCUT2D eigenvalue weighted by Crippen LogP contribution is -2.39. The molecule has 0 amide bonds. The normalized spacial score (nSPS) is 18.4. The van der Waals surface area contributed by atoms with E-state index in [1.165, 1.54) is 29.4 Å². The number of aromatic nitrogens is 2. The van der Waals surface area contributed by atoms with Gasteiger partial charge in [-0.1, -0.05) is 13.8 Å². The molecule has 0 radical (unpaired) electrons. The van der Waals surface area contributed by atoms with Gasteiger partial charge < -0.3 is 10.6 Å². The predicted octanol–water partition coefficient (Wildman–Crippen LogP) is 3.78. The summed E-state index contributed by atoms with van der Waals surface area (Å²) in [4.78, 5) is 7.02. The molecule has 6 heteroatoms. The highest BCUT2D eigenvalue weighted by atomic mass is 32.1. The molecule has 0 aromatic carbocycles. The van der Waals surface area contributed by atoms with Gasteiger partial charge in [0.05, 0.1) is 5.56 Å². The summed E-state index contributed by atoms with van der Waals surface area (Å²) in [6.45, 7) is 8.82. The number of anilines is 2. The van der Waals surface area contributed by atoms with Gasteiger partial charge in [-0.3, -0.25) is 0 Å². The summed E-state index contributed by atoms with van der Waals surface area (Å²) in [5.41, 5.74) is 8.53. The number of nitrogens with zero attached hydrogens (tertiary/aromatic N) is 3. The first-order valence-corrected chi connectivity index (χ1v) is 8.54. The van der Waals surface area contributed by atoms with Crippen molar-refractivity contribution in [1.82, 2.24) is 9.36 Å². The molecule has 4 nitrogen and oxygen atoms in total. The highest BCUT2D eigenvalue weighted by Gasteiger charge is 2.30. The second kappa shape index (κ2) is 5.00. The van der Waals surface area contributed by atoms with Gasteiger partial charge in [0.1, 0.15) is 15.8 Å². The second-order valence-electron chi connectivity index (χ2n) is 6.23. The fourth-order valence-corrected chi connectivity index (χ4v) is 4.53. The number of piperidine rings is 1. The summed E-state index contributed by atoms with van der Waals surface area (Å²) in [6, 6.07) is 0. The number of hydrogen-bond donors (Lipinski definition) is 1. The van der Waals surface area contributed by atoms with E-state index < -0.39 is 0 Å². The topological polar surface area (TPSA) is 55.0 Å². The van der Waals surface area contributed by atoms with Crippen LogP contribution < -0.4 is 10.6 Å². The molecule has 0 saturated carbocycles. The van der Waals surface area contributed by atoms with Gasteiger partial charge in [0.25, 0.3) is 0 Å². The molecular formula is C14H20N4S2. The van der Waals surface area contributed by atoms with E-state index in [-0.39, 0.29) is 0 Å². The van der Waals surface area contributed by atoms with Gasteiger partial charge >= 0.3 is 0 Å². The van der Waals surface area contributed by atoms with E-state index in [0.29, 0.717) is 11.2 Å². The molecule has 0 atom stereocenters. The molecule has 0 aliphatic carbocycles. The standard InChI is InChI=1S/C14H20N4S2/c1-9-7-19-12(16-9)10-11(15)17-20-13(10)18-6-4-5-14(2,3)8-18/h7H,4-6,8H2,1-3H3,(H2,15,17). The lowest BCUT2D eigenvalue weighted by Gasteiger charge is -2.38. The third-order valence-corrected chi connectivity index (χ3v) is 5.62. The molecule has 3 rings (SSSR count). The first-order chi connectivity index (χ1) is 9.46. The quantitative estimate of drug-likeness (QED) is 0.917. The first kappa shape index (κ1) is 13.8. The lowest BCUT2D eigenvalue weighted by molar-refractivity contribution is 0.294. The summed E-state index contributed by atoms with van der Waals surface area (Å²) in [7, 11) is 0. The molecule has 3 heterocycles. The minimum absolute atomic E-state index is 0.354. The average Bonchev–Trinajstić information content (AvgIpc) is 2.94. The minimum Gasteiger partial charge on any atom is -0.382 e. The Morgan fingerprint density at radius 2 is 2.20 bits per heavy atom. The summed E-state index contributed by atoms with van der Waals surface area (Å²) < 4.78 is 4.37. The Morgan fingerprint density at radius 1 is 1.40 bits per heavy atom. The molecular weight excluding hydrogens is 288 g/mol. The Labute approximate surface area is 127 Å². The molecule has 0 unspecified atom stereocenters. The van der Waals surface area contributed by atoms with Crippen LogP contribution in [0.5, 0.6) is 0 Å². The highest BCUT2D eigenvalue weighted by Crippen LogP contribution is 2.43. The maximum Gasteiger partial charge on any atom is 0.149 e. The van der Waals surface area contributed by atoms with Crippen LogP contribution in [0.25, 0.3) is 10.6 Å². The van der Waals surface area contributed by atoms with Crippen LogP contribution in [0.1, 0.15) is 32.4 Å². The number of hydrogen-bond acceptors (Lipinski definition) is 6. The van der Waals surface area contributed by atoms with Crippen LogP contribution >= 0.6 is 22.9 Å². The van der Waals surface area contributed by atoms with Gasteiger partial charge in [0.15, 0.2) is 0 Å². The zero-order chi connectivity index (χ0) is 14.3. The zero-order valence-electron chi connectivity index (χ0n) is 12.1. The van der Waals surface area contributed by atoms with Crippen LogP contribution in [-0.4, -0.2) is 22.4 Å². The van der Waals surface area contributed by atoms with Crippen molar-refractivity contribution in [2.45, 2.75) is 33.6 Å². The van der Waals surface area contributed by atoms with Crippen molar-refractivity contribution in [2.75, 3.05) is 23.7 Å². The Hall–Kier alpha value is -1.14. The third kappa shape index (κ3) is 2.54. The van der Waals surface area contributed by atoms with Crippen LogP contribution in [-0.2, 0) is 0 Å². The molecule has 20 heavy (non-hydrogen) atoms. The monoisotopic (exact) mass is 308 g/mol. The number of thiazole rings is 1. The van der Waals surface area contributed by atoms with Crippen molar-refractivity contribution >= 4 is 33.7 Å². The predicted molar refractivity (Wildman–Crippen MR) is 87.6 cm³/mol. The van der Waals surface area contributed by atoms with Gasteiger partial charge in [-0.2, -0.15) is 4.37 Å². The zero-order valence-corrected chi connectivity index (χ0v) is 13.8. The van der Waals surface area contributed by atoms with Gasteiger partial charge in [0.2, 0.25) is 0 Å². The molecule has 2 N–H and O–H groups in total. The van der Waals surface area contributed by atoms with Crippen LogP contribution in [0.3, 0.4) is 0 Å². The molecule has 108 valence electrons. The first-order valence-electron chi connectivity index (χ1n) is 6.89. The van der Waals surface area contributed by atoms with Gasteiger partial charge in [-0.25, -0.2) is 4.98 Å². The second-order valence-corrected chi connectivity index (χ2v) is 7.84. The molecule has 1 aliphatic rings. The summed E-state index contributed by atoms with van der Waals surface area (Å²) >= 11 is 3.15. The van der Waals surface area contributed by atoms with Crippen molar-refractivity contribution in [3.8, 4) is 10.6 Å². The summed E-state index contributed by atoms with van der Waals surface area (Å²) in [5, 5.41) is 4.24. The lowest BCUT2D eigenvalue weighted by atomic mass is 9.84. The SMILES string of the molecule is Cc1csc(-c2c(N)nsc2N2CCCC(C)(C)C2)n1. The number of aryl methyl sites for hydroxylation is 1. The smallest absolute Gasteiger partial charge is 0.149 e. The highest BCUT2D eigenvalue weighted by molar-refractivity contribution is 7.15. The molecule has 1 aliphatic heterocycles. The van der Waals surface area contributed by atoms with E-state index in [0.717, 1.165) is 29.4 Å². The van der Waals surface area contributed by atoms with E-state index in [4.69, 9.17) is 5.73 Å². The van der Waals surface area contributed by atoms with E-state index >= 15 is 0 Å². The Balaban J connectivity index is 1.98. The van der Waals surface area contributed by atoms with E-state index in [9.17, 15) is 0 Å². The Bertz CT molecular complexity index is 614. The summed E-state index contributed by atoms with van der Waals surface area (Å²) in [6.07, 6.45) is 2.50. The van der Waals surface area contributed by atoms with E-state index in [1.807, 2.05) is 6.92 Å². The molecule has 0 spiro atoms. The van der Waals surface area contributed by atoms with Crippen molar-refractivity contribution in [2.24, 2.45) is 5.41 Å². The van der Waals surface area contributed by atoms with Gasteiger partial charge in [0, 0.05) is 24.2 Å². The third-order valence-electron chi connectivity index (χ3n) is 3.72. The van der Waals surface area contributed by atoms with Gasteiger partial charge in [-0.15, -0.1) is 11.3 Å². The maximum atomic E-state index is 6.10.